The van der Waals surface area contributed by atoms with Crippen molar-refractivity contribution in [1.29, 1.82) is 0 Å². The fourth-order valence-electron chi connectivity index (χ4n) is 6.38. The van der Waals surface area contributed by atoms with Gasteiger partial charge in [0.05, 0.1) is 6.54 Å². The molecule has 0 fully saturated rings. The molecule has 41 heavy (non-hydrogen) atoms. The van der Waals surface area contributed by atoms with E-state index in [-0.39, 0.29) is 51.8 Å². The second-order valence-electron chi connectivity index (χ2n) is 10.2. The number of nitrogens with zero attached hydrogens (tertiary/aromatic N) is 3. The molecule has 4 heterocycles. The van der Waals surface area contributed by atoms with Gasteiger partial charge in [-0.1, -0.05) is 24.3 Å². The standard InChI is InChI=1S/C29H17F4N3O4S/c30-17-5-4-15-21(23(17)31)27-22-16(12-41-27)29(32,33)10-13-2-1-3-14(20(13)22)24(15)36-19-11-40-9-8-34(19)28(39)25-26(38)18(37)6-7-35(25)36/h1-7,11-12,24,38H,8-10H2/t24-/m0/s1. The molecule has 0 bridgehead atoms. The van der Waals surface area contributed by atoms with Gasteiger partial charge in [0.2, 0.25) is 5.43 Å². The molecule has 2 aromatic carbocycles. The summed E-state index contributed by atoms with van der Waals surface area (Å²) in [5.74, 6) is -6.78. The minimum Gasteiger partial charge on any atom is -0.502 e. The number of aromatic nitrogens is 1. The minimum atomic E-state index is -3.23. The van der Waals surface area contributed by atoms with E-state index in [1.807, 2.05) is 0 Å². The number of halogens is 4. The first kappa shape index (κ1) is 24.2. The maximum atomic E-state index is 15.9. The Labute approximate surface area is 232 Å². The number of hydrogen-bond acceptors (Lipinski definition) is 6. The predicted octanol–water partition coefficient (Wildman–Crippen LogP) is 5.20. The number of amides is 1. The monoisotopic (exact) mass is 579 g/mol. The van der Waals surface area contributed by atoms with Gasteiger partial charge < -0.3 is 9.84 Å². The first-order valence-corrected chi connectivity index (χ1v) is 13.5. The summed E-state index contributed by atoms with van der Waals surface area (Å²) >= 11 is 0.919. The van der Waals surface area contributed by atoms with Crippen LogP contribution in [0.3, 0.4) is 0 Å². The van der Waals surface area contributed by atoms with Gasteiger partial charge in [0.1, 0.15) is 18.9 Å². The fraction of sp³-hybridized carbons (Fsp3) is 0.172. The van der Waals surface area contributed by atoms with Gasteiger partial charge in [-0.15, -0.1) is 11.3 Å². The number of carbonyl (C=O) groups excluding carboxylic acids is 1. The number of ether oxygens (including phenoxy) is 1. The summed E-state index contributed by atoms with van der Waals surface area (Å²) in [7, 11) is 0. The number of pyridine rings is 1. The van der Waals surface area contributed by atoms with Crippen LogP contribution in [0.25, 0.3) is 21.6 Å². The molecule has 1 N–H and O–H groups in total. The minimum absolute atomic E-state index is 0.0810. The largest absolute Gasteiger partial charge is 0.502 e. The van der Waals surface area contributed by atoms with Gasteiger partial charge in [-0.05, 0) is 28.3 Å². The molecule has 2 aliphatic heterocycles. The van der Waals surface area contributed by atoms with Crippen LogP contribution in [0.4, 0.5) is 17.6 Å². The van der Waals surface area contributed by atoms with E-state index in [9.17, 15) is 19.1 Å². The number of thiophene rings is 1. The number of carbonyl (C=O) groups is 1. The van der Waals surface area contributed by atoms with Crippen LogP contribution in [0.5, 0.6) is 5.75 Å². The van der Waals surface area contributed by atoms with Crippen LogP contribution in [0.15, 0.2) is 64.9 Å². The number of rotatable bonds is 1. The quantitative estimate of drug-likeness (QED) is 0.314. The molecule has 4 aromatic rings. The summed E-state index contributed by atoms with van der Waals surface area (Å²) in [6, 6.07) is 7.36. The average Bonchev–Trinajstić information content (AvgIpc) is 3.35. The maximum Gasteiger partial charge on any atom is 0.282 e. The zero-order valence-electron chi connectivity index (χ0n) is 20.8. The van der Waals surface area contributed by atoms with E-state index >= 15 is 13.2 Å². The Bertz CT molecular complexity index is 1950. The van der Waals surface area contributed by atoms with Crippen molar-refractivity contribution in [2.24, 2.45) is 0 Å². The molecule has 0 saturated carbocycles. The number of alkyl halides is 2. The zero-order valence-corrected chi connectivity index (χ0v) is 21.6. The van der Waals surface area contributed by atoms with Gasteiger partial charge in [0, 0.05) is 45.6 Å². The van der Waals surface area contributed by atoms with Crippen LogP contribution < -0.4 is 10.4 Å². The van der Waals surface area contributed by atoms with Crippen LogP contribution in [-0.4, -0.2) is 33.7 Å². The van der Waals surface area contributed by atoms with Crippen molar-refractivity contribution in [1.82, 2.24) is 9.58 Å². The molecule has 206 valence electrons. The molecule has 0 radical (unpaired) electrons. The summed E-state index contributed by atoms with van der Waals surface area (Å²) in [5, 5.41) is 13.6. The summed E-state index contributed by atoms with van der Waals surface area (Å²) in [4.78, 5) is 27.4. The Balaban J connectivity index is 1.53. The molecule has 1 amide bonds. The molecule has 4 aliphatic rings. The second kappa shape index (κ2) is 8.00. The Morgan fingerprint density at radius 1 is 1.02 bits per heavy atom. The van der Waals surface area contributed by atoms with E-state index in [2.05, 4.69) is 0 Å². The van der Waals surface area contributed by atoms with Crippen molar-refractivity contribution in [3.05, 3.63) is 110 Å². The molecular weight excluding hydrogens is 562 g/mol. The third kappa shape index (κ3) is 3.02. The molecule has 2 aliphatic carbocycles. The molecule has 1 atom stereocenters. The van der Waals surface area contributed by atoms with Crippen molar-refractivity contribution in [2.75, 3.05) is 18.2 Å². The lowest BCUT2D eigenvalue weighted by atomic mass is 9.81. The van der Waals surface area contributed by atoms with Crippen molar-refractivity contribution < 1.29 is 32.2 Å². The number of benzene rings is 2. The number of fused-ring (bicyclic) bond motifs is 4. The zero-order chi connectivity index (χ0) is 28.4. The molecule has 12 heteroatoms. The lowest BCUT2D eigenvalue weighted by Crippen LogP contribution is -2.55. The fourth-order valence-corrected chi connectivity index (χ4v) is 7.56. The number of hydrogen-bond donors (Lipinski definition) is 1. The summed E-state index contributed by atoms with van der Waals surface area (Å²) in [5.41, 5.74) is 0.157. The van der Waals surface area contributed by atoms with E-state index in [1.165, 1.54) is 33.5 Å². The highest BCUT2D eigenvalue weighted by molar-refractivity contribution is 7.14. The van der Waals surface area contributed by atoms with Crippen LogP contribution in [0.2, 0.25) is 0 Å². The van der Waals surface area contributed by atoms with Gasteiger partial charge in [-0.2, -0.15) is 0 Å². The smallest absolute Gasteiger partial charge is 0.282 e. The predicted molar refractivity (Wildman–Crippen MR) is 140 cm³/mol. The highest BCUT2D eigenvalue weighted by Crippen LogP contribution is 2.58. The van der Waals surface area contributed by atoms with Crippen LogP contribution in [-0.2, 0) is 17.1 Å². The van der Waals surface area contributed by atoms with E-state index in [0.29, 0.717) is 16.7 Å². The molecule has 0 unspecified atom stereocenters. The lowest BCUT2D eigenvalue weighted by molar-refractivity contribution is -0.00437. The molecule has 0 spiro atoms. The van der Waals surface area contributed by atoms with Gasteiger partial charge >= 0.3 is 0 Å². The normalized spacial score (nSPS) is 19.4. The van der Waals surface area contributed by atoms with E-state index in [0.717, 1.165) is 23.5 Å². The summed E-state index contributed by atoms with van der Waals surface area (Å²) in [6.45, 7) is 0.218. The Morgan fingerprint density at radius 2 is 1.83 bits per heavy atom. The molecule has 8 rings (SSSR count). The van der Waals surface area contributed by atoms with E-state index < -0.39 is 47.1 Å². The SMILES string of the molecule is O=C1c2c(O)c(=O)ccn2N([C@H]2c3cccc4c3-c3c(csc3-c3c2ccc(F)c3F)C(F)(F)C4)C2=COCCN12. The van der Waals surface area contributed by atoms with Gasteiger partial charge in [-0.3, -0.25) is 19.5 Å². The summed E-state index contributed by atoms with van der Waals surface area (Å²) < 4.78 is 68.4. The van der Waals surface area contributed by atoms with Gasteiger partial charge in [-0.25, -0.2) is 22.2 Å². The average molecular weight is 580 g/mol. The van der Waals surface area contributed by atoms with Gasteiger partial charge in [0.15, 0.2) is 28.9 Å². The van der Waals surface area contributed by atoms with Crippen molar-refractivity contribution in [2.45, 2.75) is 18.4 Å². The highest BCUT2D eigenvalue weighted by atomic mass is 32.1. The Morgan fingerprint density at radius 3 is 2.66 bits per heavy atom. The van der Waals surface area contributed by atoms with Crippen LogP contribution >= 0.6 is 11.3 Å². The van der Waals surface area contributed by atoms with E-state index in [4.69, 9.17) is 4.74 Å². The topological polar surface area (TPSA) is 75.0 Å². The Kier molecular flexibility index (Phi) is 4.73. The molecular formula is C29H17F4N3O4S. The summed E-state index contributed by atoms with van der Waals surface area (Å²) in [6.07, 6.45) is 2.06. The number of aromatic hydroxyl groups is 1. The third-order valence-corrected chi connectivity index (χ3v) is 9.08. The van der Waals surface area contributed by atoms with Crippen LogP contribution in [0, 0.1) is 11.6 Å². The lowest BCUT2D eigenvalue weighted by Gasteiger charge is -2.46. The molecule has 2 aromatic heterocycles. The maximum absolute atomic E-state index is 15.9. The Hall–Kier alpha value is -4.58. The first-order chi connectivity index (χ1) is 19.7. The molecule has 0 saturated heterocycles. The third-order valence-electron chi connectivity index (χ3n) is 8.08. The highest BCUT2D eigenvalue weighted by Gasteiger charge is 2.49. The second-order valence-corrected chi connectivity index (χ2v) is 11.1. The van der Waals surface area contributed by atoms with Crippen LogP contribution in [0.1, 0.15) is 38.8 Å². The molecule has 7 nitrogen and oxygen atoms in total. The van der Waals surface area contributed by atoms with Crippen molar-refractivity contribution >= 4 is 17.2 Å². The first-order valence-electron chi connectivity index (χ1n) is 12.7. The van der Waals surface area contributed by atoms with Crippen molar-refractivity contribution in [3.8, 4) is 27.3 Å². The van der Waals surface area contributed by atoms with Crippen molar-refractivity contribution in [3.63, 3.8) is 0 Å². The van der Waals surface area contributed by atoms with E-state index in [1.54, 1.807) is 23.2 Å². The van der Waals surface area contributed by atoms with Gasteiger partial charge in [0.25, 0.3) is 11.8 Å².